The Kier molecular flexibility index (Phi) is 3.86. The SMILES string of the molecule is COc1ccc(C(N)Cc2nc3ccccc3s2)c(F)c1. The van der Waals surface area contributed by atoms with Crippen molar-refractivity contribution in [1.82, 2.24) is 4.98 Å². The number of halogens is 1. The molecule has 1 unspecified atom stereocenters. The largest absolute Gasteiger partial charge is 0.497 e. The topological polar surface area (TPSA) is 48.1 Å². The lowest BCUT2D eigenvalue weighted by Crippen LogP contribution is -2.15. The fraction of sp³-hybridized carbons (Fsp3) is 0.188. The molecule has 3 nitrogen and oxygen atoms in total. The lowest BCUT2D eigenvalue weighted by molar-refractivity contribution is 0.410. The number of rotatable bonds is 4. The Balaban J connectivity index is 1.83. The molecule has 0 saturated heterocycles. The van der Waals surface area contributed by atoms with Crippen molar-refractivity contribution in [2.45, 2.75) is 12.5 Å². The maximum Gasteiger partial charge on any atom is 0.131 e. The second-order valence-electron chi connectivity index (χ2n) is 4.77. The van der Waals surface area contributed by atoms with Crippen LogP contribution < -0.4 is 10.5 Å². The van der Waals surface area contributed by atoms with Crippen LogP contribution in [0.1, 0.15) is 16.6 Å². The molecule has 0 aliphatic carbocycles. The first-order valence-electron chi connectivity index (χ1n) is 6.61. The Labute approximate surface area is 126 Å². The molecule has 1 atom stereocenters. The van der Waals surface area contributed by atoms with E-state index >= 15 is 0 Å². The maximum absolute atomic E-state index is 14.0. The van der Waals surface area contributed by atoms with E-state index in [1.165, 1.54) is 13.2 Å². The predicted molar refractivity (Wildman–Crippen MR) is 83.2 cm³/mol. The molecule has 0 fully saturated rings. The second kappa shape index (κ2) is 5.79. The molecular formula is C16H15FN2OS. The third kappa shape index (κ3) is 2.89. The van der Waals surface area contributed by atoms with E-state index in [9.17, 15) is 4.39 Å². The Morgan fingerprint density at radius 3 is 2.81 bits per heavy atom. The van der Waals surface area contributed by atoms with Crippen molar-refractivity contribution in [1.29, 1.82) is 0 Å². The Morgan fingerprint density at radius 1 is 1.29 bits per heavy atom. The van der Waals surface area contributed by atoms with Gasteiger partial charge in [0.2, 0.25) is 0 Å². The molecule has 1 heterocycles. The summed E-state index contributed by atoms with van der Waals surface area (Å²) in [6.45, 7) is 0. The number of para-hydroxylation sites is 1. The minimum Gasteiger partial charge on any atom is -0.497 e. The minimum absolute atomic E-state index is 0.344. The smallest absolute Gasteiger partial charge is 0.131 e. The van der Waals surface area contributed by atoms with Crippen LogP contribution in [0, 0.1) is 5.82 Å². The molecule has 5 heteroatoms. The molecule has 21 heavy (non-hydrogen) atoms. The van der Waals surface area contributed by atoms with Crippen molar-refractivity contribution in [2.75, 3.05) is 7.11 Å². The zero-order chi connectivity index (χ0) is 14.8. The number of fused-ring (bicyclic) bond motifs is 1. The van der Waals surface area contributed by atoms with Gasteiger partial charge in [0.05, 0.1) is 22.3 Å². The monoisotopic (exact) mass is 302 g/mol. The van der Waals surface area contributed by atoms with Gasteiger partial charge in [-0.15, -0.1) is 11.3 Å². The Morgan fingerprint density at radius 2 is 2.10 bits per heavy atom. The number of nitrogens with two attached hydrogens (primary N) is 1. The van der Waals surface area contributed by atoms with Crippen LogP contribution in [0.5, 0.6) is 5.75 Å². The summed E-state index contributed by atoms with van der Waals surface area (Å²) in [5, 5.41) is 0.916. The standard InChI is InChI=1S/C16H15FN2OS/c1-20-10-6-7-11(12(17)8-10)13(18)9-16-19-14-4-2-3-5-15(14)21-16/h2-8,13H,9,18H2,1H3. The van der Waals surface area contributed by atoms with Crippen molar-refractivity contribution >= 4 is 21.6 Å². The van der Waals surface area contributed by atoms with E-state index in [0.29, 0.717) is 17.7 Å². The number of ether oxygens (including phenoxy) is 1. The van der Waals surface area contributed by atoms with Gasteiger partial charge in [0.25, 0.3) is 0 Å². The van der Waals surface area contributed by atoms with Gasteiger partial charge in [0.15, 0.2) is 0 Å². The van der Waals surface area contributed by atoms with Gasteiger partial charge in [-0.1, -0.05) is 18.2 Å². The normalized spacial score (nSPS) is 12.5. The van der Waals surface area contributed by atoms with E-state index in [-0.39, 0.29) is 5.82 Å². The first-order chi connectivity index (χ1) is 10.2. The summed E-state index contributed by atoms with van der Waals surface area (Å²) in [7, 11) is 1.51. The van der Waals surface area contributed by atoms with Crippen LogP contribution in [0.2, 0.25) is 0 Å². The number of hydrogen-bond acceptors (Lipinski definition) is 4. The van der Waals surface area contributed by atoms with Crippen LogP contribution in [0.3, 0.4) is 0 Å². The van der Waals surface area contributed by atoms with Crippen LogP contribution in [-0.4, -0.2) is 12.1 Å². The van der Waals surface area contributed by atoms with Crippen LogP contribution in [0.25, 0.3) is 10.2 Å². The molecule has 0 aliphatic rings. The summed E-state index contributed by atoms with van der Waals surface area (Å²) >= 11 is 1.60. The van der Waals surface area contributed by atoms with Crippen molar-refractivity contribution in [3.63, 3.8) is 0 Å². The molecule has 3 rings (SSSR count). The summed E-state index contributed by atoms with van der Waals surface area (Å²) in [5.41, 5.74) is 7.57. The highest BCUT2D eigenvalue weighted by atomic mass is 32.1. The van der Waals surface area contributed by atoms with Gasteiger partial charge in [-0.25, -0.2) is 9.37 Å². The van der Waals surface area contributed by atoms with Crippen LogP contribution >= 0.6 is 11.3 Å². The average molecular weight is 302 g/mol. The Bertz CT molecular complexity index is 739. The molecule has 0 spiro atoms. The van der Waals surface area contributed by atoms with Gasteiger partial charge in [-0.2, -0.15) is 0 Å². The van der Waals surface area contributed by atoms with Crippen molar-refractivity contribution in [3.8, 4) is 5.75 Å². The molecular weight excluding hydrogens is 287 g/mol. The van der Waals surface area contributed by atoms with Crippen LogP contribution in [-0.2, 0) is 6.42 Å². The van der Waals surface area contributed by atoms with E-state index in [4.69, 9.17) is 10.5 Å². The summed E-state index contributed by atoms with van der Waals surface area (Å²) in [6.07, 6.45) is 0.516. The van der Waals surface area contributed by atoms with Gasteiger partial charge in [0, 0.05) is 24.1 Å². The first-order valence-corrected chi connectivity index (χ1v) is 7.42. The highest BCUT2D eigenvalue weighted by Crippen LogP contribution is 2.27. The molecule has 2 aromatic carbocycles. The lowest BCUT2D eigenvalue weighted by Gasteiger charge is -2.12. The molecule has 0 saturated carbocycles. The quantitative estimate of drug-likeness (QED) is 0.799. The maximum atomic E-state index is 14.0. The summed E-state index contributed by atoms with van der Waals surface area (Å²) in [5.74, 6) is 0.145. The summed E-state index contributed by atoms with van der Waals surface area (Å²) in [4.78, 5) is 4.53. The number of benzene rings is 2. The number of aromatic nitrogens is 1. The third-order valence-corrected chi connectivity index (χ3v) is 4.40. The number of methoxy groups -OCH3 is 1. The molecule has 0 aliphatic heterocycles. The average Bonchev–Trinajstić information content (AvgIpc) is 2.88. The second-order valence-corrected chi connectivity index (χ2v) is 5.89. The van der Waals surface area contributed by atoms with Gasteiger partial charge in [-0.05, 0) is 18.2 Å². The summed E-state index contributed by atoms with van der Waals surface area (Å²) in [6, 6.07) is 12.3. The van der Waals surface area contributed by atoms with Gasteiger partial charge in [0.1, 0.15) is 11.6 Å². The predicted octanol–water partition coefficient (Wildman–Crippen LogP) is 3.69. The molecule has 0 radical (unpaired) electrons. The molecule has 0 bridgehead atoms. The van der Waals surface area contributed by atoms with Gasteiger partial charge in [-0.3, -0.25) is 0 Å². The van der Waals surface area contributed by atoms with E-state index < -0.39 is 6.04 Å². The molecule has 3 aromatic rings. The zero-order valence-corrected chi connectivity index (χ0v) is 12.4. The zero-order valence-electron chi connectivity index (χ0n) is 11.5. The highest BCUT2D eigenvalue weighted by molar-refractivity contribution is 7.18. The van der Waals surface area contributed by atoms with Gasteiger partial charge >= 0.3 is 0 Å². The molecule has 2 N–H and O–H groups in total. The van der Waals surface area contributed by atoms with E-state index in [0.717, 1.165) is 15.2 Å². The fourth-order valence-corrected chi connectivity index (χ4v) is 3.27. The molecule has 1 aromatic heterocycles. The lowest BCUT2D eigenvalue weighted by atomic mass is 10.0. The number of nitrogens with zero attached hydrogens (tertiary/aromatic N) is 1. The van der Waals surface area contributed by atoms with E-state index in [1.54, 1.807) is 23.5 Å². The first kappa shape index (κ1) is 14.0. The molecule has 108 valence electrons. The molecule has 0 amide bonds. The van der Waals surface area contributed by atoms with Crippen molar-refractivity contribution in [2.24, 2.45) is 5.73 Å². The van der Waals surface area contributed by atoms with Crippen LogP contribution in [0.4, 0.5) is 4.39 Å². The van der Waals surface area contributed by atoms with E-state index in [2.05, 4.69) is 4.98 Å². The van der Waals surface area contributed by atoms with Crippen molar-refractivity contribution < 1.29 is 9.13 Å². The third-order valence-electron chi connectivity index (χ3n) is 3.34. The summed E-state index contributed by atoms with van der Waals surface area (Å²) < 4.78 is 20.1. The highest BCUT2D eigenvalue weighted by Gasteiger charge is 2.15. The van der Waals surface area contributed by atoms with Crippen molar-refractivity contribution in [3.05, 3.63) is 58.9 Å². The number of thiazole rings is 1. The fourth-order valence-electron chi connectivity index (χ4n) is 2.24. The Hall–Kier alpha value is -1.98. The van der Waals surface area contributed by atoms with Gasteiger partial charge < -0.3 is 10.5 Å². The van der Waals surface area contributed by atoms with Crippen LogP contribution in [0.15, 0.2) is 42.5 Å². The minimum atomic E-state index is -0.420. The number of hydrogen-bond donors (Lipinski definition) is 1. The van der Waals surface area contributed by atoms with E-state index in [1.807, 2.05) is 24.3 Å².